The van der Waals surface area contributed by atoms with Gasteiger partial charge in [-0.2, -0.15) is 0 Å². The number of unbranched alkanes of at least 4 members (excludes halogenated alkanes) is 6. The predicted molar refractivity (Wildman–Crippen MR) is 177 cm³/mol. The summed E-state index contributed by atoms with van der Waals surface area (Å²) < 4.78 is 34.2. The lowest BCUT2D eigenvalue weighted by molar-refractivity contribution is -0.140. The van der Waals surface area contributed by atoms with Crippen molar-refractivity contribution in [3.63, 3.8) is 0 Å². The average Bonchev–Trinajstić information content (AvgIpc) is 3.06. The van der Waals surface area contributed by atoms with Crippen molar-refractivity contribution in [3.05, 3.63) is 0 Å². The summed E-state index contributed by atoms with van der Waals surface area (Å²) in [4.78, 5) is 78.7. The van der Waals surface area contributed by atoms with E-state index in [2.05, 4.69) is 0 Å². The van der Waals surface area contributed by atoms with E-state index >= 15 is 0 Å². The molecule has 0 aliphatic heterocycles. The molecule has 1 aromatic carbocycles. The molecule has 12 nitrogen and oxygen atoms in total. The Bertz CT molecular complexity index is 960. The molecule has 270 valence electrons. The number of esters is 6. The molecule has 0 aliphatic carbocycles. The van der Waals surface area contributed by atoms with Crippen molar-refractivity contribution in [2.45, 2.75) is 157 Å². The Hall–Kier alpha value is -3.96. The van der Waals surface area contributed by atoms with Gasteiger partial charge in [0.05, 0.1) is 0 Å². The van der Waals surface area contributed by atoms with E-state index in [1.54, 1.807) is 0 Å². The molecule has 0 spiro atoms. The normalized spacial score (nSPS) is 10.6. The molecule has 0 aliphatic rings. The maximum atomic E-state index is 13.1. The van der Waals surface area contributed by atoms with Crippen LogP contribution in [-0.2, 0) is 28.8 Å². The molecule has 1 rings (SSSR count). The first kappa shape index (κ1) is 42.1. The zero-order chi connectivity index (χ0) is 35.9. The highest BCUT2D eigenvalue weighted by atomic mass is 16.6. The number of carbonyl (C=O) groups is 6. The van der Waals surface area contributed by atoms with Crippen LogP contribution in [0.3, 0.4) is 0 Å². The van der Waals surface area contributed by atoms with Crippen LogP contribution < -0.4 is 28.4 Å². The molecule has 0 amide bonds. The van der Waals surface area contributed by atoms with Gasteiger partial charge in [0.2, 0.25) is 34.5 Å². The summed E-state index contributed by atoms with van der Waals surface area (Å²) in [5, 5.41) is 0. The second-order valence-corrected chi connectivity index (χ2v) is 11.4. The quantitative estimate of drug-likeness (QED) is 0.0762. The monoisotopic (exact) mass is 678 g/mol. The van der Waals surface area contributed by atoms with Gasteiger partial charge < -0.3 is 28.4 Å². The van der Waals surface area contributed by atoms with Crippen LogP contribution in [0.1, 0.15) is 157 Å². The van der Waals surface area contributed by atoms with Crippen LogP contribution in [0.15, 0.2) is 0 Å². The molecule has 0 saturated heterocycles. The van der Waals surface area contributed by atoms with Gasteiger partial charge in [-0.3, -0.25) is 28.8 Å². The maximum absolute atomic E-state index is 13.1. The standard InChI is InChI=1S/C36H54O12/c1-7-13-19-25(37)43-31-32(44-26(38)20-14-8-2)34(46-28(40)22-16-10-4)36(48-30(42)24-18-12-6)35(47-29(41)23-17-11-5)33(31)45-27(39)21-15-9-3/h7-24H2,1-6H3. The average molecular weight is 679 g/mol. The first-order valence-electron chi connectivity index (χ1n) is 17.5. The van der Waals surface area contributed by atoms with Crippen molar-refractivity contribution < 1.29 is 57.2 Å². The SMILES string of the molecule is CCCCC(=O)Oc1c(OC(=O)CCCC)c(OC(=O)CCCC)c(OC(=O)CCCC)c(OC(=O)CCCC)c1OC(=O)CCCC. The Morgan fingerprint density at radius 2 is 0.417 bits per heavy atom. The molecule has 0 saturated carbocycles. The highest BCUT2D eigenvalue weighted by Gasteiger charge is 2.38. The lowest BCUT2D eigenvalue weighted by Crippen LogP contribution is -2.20. The number of ether oxygens (including phenoxy) is 6. The van der Waals surface area contributed by atoms with Crippen molar-refractivity contribution in [2.24, 2.45) is 0 Å². The lowest BCUT2D eigenvalue weighted by atomic mass is 10.2. The van der Waals surface area contributed by atoms with Crippen molar-refractivity contribution in [1.29, 1.82) is 0 Å². The summed E-state index contributed by atoms with van der Waals surface area (Å²) in [7, 11) is 0. The summed E-state index contributed by atoms with van der Waals surface area (Å²) in [5.41, 5.74) is 0. The van der Waals surface area contributed by atoms with Gasteiger partial charge >= 0.3 is 35.8 Å². The molecule has 0 fully saturated rings. The van der Waals surface area contributed by atoms with E-state index in [4.69, 9.17) is 28.4 Å². The molecule has 0 unspecified atom stereocenters. The van der Waals surface area contributed by atoms with E-state index in [0.29, 0.717) is 77.0 Å². The highest BCUT2D eigenvalue weighted by molar-refractivity contribution is 5.90. The Labute approximate surface area is 284 Å². The molecule has 0 aromatic heterocycles. The molecular weight excluding hydrogens is 624 g/mol. The third kappa shape index (κ3) is 15.3. The van der Waals surface area contributed by atoms with Crippen LogP contribution in [0.25, 0.3) is 0 Å². The Kier molecular flexibility index (Phi) is 21.2. The third-order valence-corrected chi connectivity index (χ3v) is 6.94. The maximum Gasteiger partial charge on any atom is 0.311 e. The molecule has 12 heteroatoms. The minimum absolute atomic E-state index is 0.0616. The zero-order valence-electron chi connectivity index (χ0n) is 29.6. The van der Waals surface area contributed by atoms with Gasteiger partial charge in [0.15, 0.2) is 0 Å². The Morgan fingerprint density at radius 1 is 0.292 bits per heavy atom. The van der Waals surface area contributed by atoms with Gasteiger partial charge in [0.25, 0.3) is 0 Å². The van der Waals surface area contributed by atoms with E-state index in [0.717, 1.165) is 0 Å². The Balaban J connectivity index is 4.31. The van der Waals surface area contributed by atoms with Crippen molar-refractivity contribution in [3.8, 4) is 34.5 Å². The lowest BCUT2D eigenvalue weighted by Gasteiger charge is -2.23. The number of carbonyl (C=O) groups excluding carboxylic acids is 6. The van der Waals surface area contributed by atoms with Crippen LogP contribution in [0.4, 0.5) is 0 Å². The second kappa shape index (κ2) is 24.2. The minimum atomic E-state index is -0.784. The van der Waals surface area contributed by atoms with Gasteiger partial charge in [-0.25, -0.2) is 0 Å². The minimum Gasteiger partial charge on any atom is -0.418 e. The second-order valence-electron chi connectivity index (χ2n) is 11.4. The van der Waals surface area contributed by atoms with E-state index in [1.165, 1.54) is 0 Å². The van der Waals surface area contributed by atoms with Crippen LogP contribution in [0.2, 0.25) is 0 Å². The van der Waals surface area contributed by atoms with Gasteiger partial charge in [-0.15, -0.1) is 0 Å². The summed E-state index contributed by atoms with van der Waals surface area (Å²) in [6.45, 7) is 11.2. The van der Waals surface area contributed by atoms with Crippen LogP contribution >= 0.6 is 0 Å². The van der Waals surface area contributed by atoms with Crippen molar-refractivity contribution in [1.82, 2.24) is 0 Å². The highest BCUT2D eigenvalue weighted by Crippen LogP contribution is 2.59. The first-order valence-corrected chi connectivity index (χ1v) is 17.5. The van der Waals surface area contributed by atoms with E-state index in [1.807, 2.05) is 41.5 Å². The van der Waals surface area contributed by atoms with Crippen molar-refractivity contribution in [2.75, 3.05) is 0 Å². The number of hydrogen-bond donors (Lipinski definition) is 0. The van der Waals surface area contributed by atoms with E-state index in [-0.39, 0.29) is 38.5 Å². The molecule has 0 heterocycles. The fraction of sp³-hybridized carbons (Fsp3) is 0.667. The number of benzene rings is 1. The number of rotatable bonds is 24. The van der Waals surface area contributed by atoms with Crippen LogP contribution in [-0.4, -0.2) is 35.8 Å². The fourth-order valence-corrected chi connectivity index (χ4v) is 4.09. The van der Waals surface area contributed by atoms with Gasteiger partial charge in [-0.1, -0.05) is 80.1 Å². The topological polar surface area (TPSA) is 158 Å². The van der Waals surface area contributed by atoms with Crippen LogP contribution in [0.5, 0.6) is 34.5 Å². The van der Waals surface area contributed by atoms with Gasteiger partial charge in [0.1, 0.15) is 0 Å². The third-order valence-electron chi connectivity index (χ3n) is 6.94. The van der Waals surface area contributed by atoms with Gasteiger partial charge in [0, 0.05) is 38.5 Å². The van der Waals surface area contributed by atoms with E-state index in [9.17, 15) is 28.8 Å². The molecule has 1 aromatic rings. The largest absolute Gasteiger partial charge is 0.418 e. The summed E-state index contributed by atoms with van der Waals surface area (Å²) in [6.07, 6.45) is 6.22. The van der Waals surface area contributed by atoms with Gasteiger partial charge in [-0.05, 0) is 38.5 Å². The Morgan fingerprint density at radius 3 is 0.521 bits per heavy atom. The molecule has 0 radical (unpaired) electrons. The first-order chi connectivity index (χ1) is 23.1. The summed E-state index contributed by atoms with van der Waals surface area (Å²) in [6, 6.07) is 0. The smallest absolute Gasteiger partial charge is 0.311 e. The van der Waals surface area contributed by atoms with E-state index < -0.39 is 70.3 Å². The fourth-order valence-electron chi connectivity index (χ4n) is 4.09. The zero-order valence-corrected chi connectivity index (χ0v) is 29.6. The van der Waals surface area contributed by atoms with Crippen LogP contribution in [0, 0.1) is 0 Å². The molecular formula is C36H54O12. The summed E-state index contributed by atoms with van der Waals surface area (Å²) in [5.74, 6) is -8.40. The molecule has 0 bridgehead atoms. The molecule has 48 heavy (non-hydrogen) atoms. The molecule has 0 N–H and O–H groups in total. The van der Waals surface area contributed by atoms with Crippen molar-refractivity contribution >= 4 is 35.8 Å². The number of hydrogen-bond acceptors (Lipinski definition) is 12. The predicted octanol–water partition coefficient (Wildman–Crippen LogP) is 8.26. The molecule has 0 atom stereocenters. The summed E-state index contributed by atoms with van der Waals surface area (Å²) >= 11 is 0.